The van der Waals surface area contributed by atoms with E-state index in [1.807, 2.05) is 0 Å². The number of hydrogen-bond donors (Lipinski definition) is 0. The summed E-state index contributed by atoms with van der Waals surface area (Å²) in [6.07, 6.45) is 5.91. The molecule has 0 N–H and O–H groups in total. The van der Waals surface area contributed by atoms with Crippen molar-refractivity contribution in [2.75, 3.05) is 7.11 Å². The fourth-order valence-corrected chi connectivity index (χ4v) is 2.40. The lowest BCUT2D eigenvalue weighted by Gasteiger charge is -2.27. The zero-order valence-corrected chi connectivity index (χ0v) is 9.62. The standard InChI is InChI=1S/C12H20O3/c1-3-10(13)11(12(14)15-2)9-7-5-4-6-8-9/h9,11H,3-8H2,1-2H3. The predicted molar refractivity (Wildman–Crippen MR) is 57.4 cm³/mol. The Hall–Kier alpha value is -0.860. The topological polar surface area (TPSA) is 43.4 Å². The minimum atomic E-state index is -0.500. The molecule has 15 heavy (non-hydrogen) atoms. The van der Waals surface area contributed by atoms with Gasteiger partial charge in [-0.15, -0.1) is 0 Å². The maximum Gasteiger partial charge on any atom is 0.316 e. The molecule has 0 saturated heterocycles. The van der Waals surface area contributed by atoms with Gasteiger partial charge in [-0.2, -0.15) is 0 Å². The number of hydrogen-bond acceptors (Lipinski definition) is 3. The molecule has 1 atom stereocenters. The van der Waals surface area contributed by atoms with Crippen molar-refractivity contribution >= 4 is 11.8 Å². The molecule has 0 aromatic heterocycles. The third kappa shape index (κ3) is 3.05. The van der Waals surface area contributed by atoms with Crippen LogP contribution in [-0.2, 0) is 14.3 Å². The Kier molecular flexibility index (Phi) is 4.79. The van der Waals surface area contributed by atoms with Gasteiger partial charge in [0.2, 0.25) is 0 Å². The van der Waals surface area contributed by atoms with E-state index in [1.54, 1.807) is 6.92 Å². The molecule has 0 heterocycles. The molecular formula is C12H20O3. The third-order valence-corrected chi connectivity index (χ3v) is 3.27. The van der Waals surface area contributed by atoms with Gasteiger partial charge in [0.1, 0.15) is 11.7 Å². The first-order valence-corrected chi connectivity index (χ1v) is 5.81. The Bertz CT molecular complexity index is 213. The molecule has 3 heteroatoms. The van der Waals surface area contributed by atoms with Crippen LogP contribution in [0.3, 0.4) is 0 Å². The van der Waals surface area contributed by atoms with E-state index in [0.29, 0.717) is 6.42 Å². The zero-order chi connectivity index (χ0) is 11.3. The lowest BCUT2D eigenvalue weighted by atomic mass is 9.77. The van der Waals surface area contributed by atoms with Crippen molar-refractivity contribution in [1.82, 2.24) is 0 Å². The van der Waals surface area contributed by atoms with Gasteiger partial charge in [0.05, 0.1) is 7.11 Å². The number of ether oxygens (including phenoxy) is 1. The Labute approximate surface area is 91.2 Å². The second kappa shape index (κ2) is 5.89. The summed E-state index contributed by atoms with van der Waals surface area (Å²) in [4.78, 5) is 23.3. The van der Waals surface area contributed by atoms with Gasteiger partial charge >= 0.3 is 5.97 Å². The number of ketones is 1. The molecule has 0 aromatic rings. The molecule has 86 valence electrons. The predicted octanol–water partition coefficient (Wildman–Crippen LogP) is 2.33. The van der Waals surface area contributed by atoms with E-state index >= 15 is 0 Å². The van der Waals surface area contributed by atoms with Gasteiger partial charge in [-0.05, 0) is 18.8 Å². The third-order valence-electron chi connectivity index (χ3n) is 3.27. The van der Waals surface area contributed by atoms with Gasteiger partial charge < -0.3 is 4.74 Å². The number of methoxy groups -OCH3 is 1. The van der Waals surface area contributed by atoms with Crippen LogP contribution in [0.25, 0.3) is 0 Å². The van der Waals surface area contributed by atoms with Crippen molar-refractivity contribution in [3.63, 3.8) is 0 Å². The minimum Gasteiger partial charge on any atom is -0.468 e. The van der Waals surface area contributed by atoms with Crippen molar-refractivity contribution in [2.45, 2.75) is 45.4 Å². The van der Waals surface area contributed by atoms with Crippen molar-refractivity contribution in [3.8, 4) is 0 Å². The monoisotopic (exact) mass is 212 g/mol. The molecule has 0 aromatic carbocycles. The van der Waals surface area contributed by atoms with E-state index in [9.17, 15) is 9.59 Å². The van der Waals surface area contributed by atoms with E-state index in [1.165, 1.54) is 13.5 Å². The van der Waals surface area contributed by atoms with E-state index in [4.69, 9.17) is 4.74 Å². The van der Waals surface area contributed by atoms with Crippen LogP contribution in [-0.4, -0.2) is 18.9 Å². The van der Waals surface area contributed by atoms with E-state index in [2.05, 4.69) is 0 Å². The molecule has 1 unspecified atom stereocenters. The average Bonchev–Trinajstić information content (AvgIpc) is 2.30. The van der Waals surface area contributed by atoms with Gasteiger partial charge in [-0.1, -0.05) is 26.2 Å². The first kappa shape index (κ1) is 12.2. The van der Waals surface area contributed by atoms with Crippen molar-refractivity contribution < 1.29 is 14.3 Å². The summed E-state index contributed by atoms with van der Waals surface area (Å²) in [5.41, 5.74) is 0. The number of carbonyl (C=O) groups is 2. The van der Waals surface area contributed by atoms with Crippen LogP contribution in [0.5, 0.6) is 0 Å². The molecule has 1 saturated carbocycles. The SMILES string of the molecule is CCC(=O)C(C(=O)OC)C1CCCCC1. The largest absolute Gasteiger partial charge is 0.468 e. The molecule has 1 aliphatic rings. The smallest absolute Gasteiger partial charge is 0.316 e. The minimum absolute atomic E-state index is 0.0359. The molecular weight excluding hydrogens is 192 g/mol. The maximum absolute atomic E-state index is 11.7. The molecule has 1 fully saturated rings. The van der Waals surface area contributed by atoms with Gasteiger partial charge in [0.25, 0.3) is 0 Å². The summed E-state index contributed by atoms with van der Waals surface area (Å²) in [6.45, 7) is 1.81. The summed E-state index contributed by atoms with van der Waals surface area (Å²) < 4.78 is 4.73. The van der Waals surface area contributed by atoms with E-state index in [-0.39, 0.29) is 17.7 Å². The Morgan fingerprint density at radius 2 is 1.87 bits per heavy atom. The van der Waals surface area contributed by atoms with Crippen LogP contribution in [0.1, 0.15) is 45.4 Å². The summed E-state index contributed by atoms with van der Waals surface area (Å²) >= 11 is 0. The highest BCUT2D eigenvalue weighted by molar-refractivity contribution is 5.99. The first-order valence-electron chi connectivity index (χ1n) is 5.81. The molecule has 0 aliphatic heterocycles. The van der Waals surface area contributed by atoms with Gasteiger partial charge in [0.15, 0.2) is 0 Å². The lowest BCUT2D eigenvalue weighted by Crippen LogP contribution is -2.33. The van der Waals surface area contributed by atoms with Gasteiger partial charge in [-0.3, -0.25) is 9.59 Å². The number of rotatable bonds is 4. The molecule has 0 bridgehead atoms. The first-order chi connectivity index (χ1) is 7.20. The number of carbonyl (C=O) groups excluding carboxylic acids is 2. The summed E-state index contributed by atoms with van der Waals surface area (Å²) in [5.74, 6) is -0.582. The Morgan fingerprint density at radius 3 is 2.33 bits per heavy atom. The highest BCUT2D eigenvalue weighted by Crippen LogP contribution is 2.31. The van der Waals surface area contributed by atoms with E-state index < -0.39 is 5.92 Å². The average molecular weight is 212 g/mol. The van der Waals surface area contributed by atoms with Gasteiger partial charge in [0, 0.05) is 6.42 Å². The highest BCUT2D eigenvalue weighted by Gasteiger charge is 2.34. The van der Waals surface area contributed by atoms with Crippen LogP contribution in [0.4, 0.5) is 0 Å². The quantitative estimate of drug-likeness (QED) is 0.530. The maximum atomic E-state index is 11.7. The summed E-state index contributed by atoms with van der Waals surface area (Å²) in [6, 6.07) is 0. The van der Waals surface area contributed by atoms with Crippen molar-refractivity contribution in [3.05, 3.63) is 0 Å². The molecule has 0 radical (unpaired) electrons. The molecule has 3 nitrogen and oxygen atoms in total. The fraction of sp³-hybridized carbons (Fsp3) is 0.833. The number of Topliss-reactive ketones (excluding diaryl/α,β-unsaturated/α-hetero) is 1. The Morgan fingerprint density at radius 1 is 1.27 bits per heavy atom. The summed E-state index contributed by atoms with van der Waals surface area (Å²) in [7, 11) is 1.36. The zero-order valence-electron chi connectivity index (χ0n) is 9.62. The number of esters is 1. The van der Waals surface area contributed by atoms with E-state index in [0.717, 1.165) is 25.7 Å². The van der Waals surface area contributed by atoms with Crippen LogP contribution < -0.4 is 0 Å². The fourth-order valence-electron chi connectivity index (χ4n) is 2.40. The highest BCUT2D eigenvalue weighted by atomic mass is 16.5. The molecule has 0 spiro atoms. The van der Waals surface area contributed by atoms with Crippen LogP contribution in [0, 0.1) is 11.8 Å². The second-order valence-electron chi connectivity index (χ2n) is 4.22. The normalized spacial score (nSPS) is 19.6. The molecule has 1 aliphatic carbocycles. The second-order valence-corrected chi connectivity index (χ2v) is 4.22. The van der Waals surface area contributed by atoms with Gasteiger partial charge in [-0.25, -0.2) is 0 Å². The van der Waals surface area contributed by atoms with Crippen LogP contribution in [0.15, 0.2) is 0 Å². The van der Waals surface area contributed by atoms with Crippen LogP contribution in [0.2, 0.25) is 0 Å². The van der Waals surface area contributed by atoms with Crippen molar-refractivity contribution in [1.29, 1.82) is 0 Å². The lowest BCUT2D eigenvalue weighted by molar-refractivity contribution is -0.152. The van der Waals surface area contributed by atoms with Crippen molar-refractivity contribution in [2.24, 2.45) is 11.8 Å². The molecule has 0 amide bonds. The molecule has 1 rings (SSSR count). The van der Waals surface area contributed by atoms with Crippen LogP contribution >= 0.6 is 0 Å². The Balaban J connectivity index is 2.69. The summed E-state index contributed by atoms with van der Waals surface area (Å²) in [5, 5.41) is 0.